The zero-order valence-electron chi connectivity index (χ0n) is 13.7. The van der Waals surface area contributed by atoms with Crippen LogP contribution in [-0.4, -0.2) is 17.9 Å². The Kier molecular flexibility index (Phi) is 5.11. The second kappa shape index (κ2) is 7.83. The third kappa shape index (κ3) is 4.06. The van der Waals surface area contributed by atoms with E-state index in [1.807, 2.05) is 60.7 Å². The number of aromatic nitrogens is 1. The summed E-state index contributed by atoms with van der Waals surface area (Å²) in [6.45, 7) is 0. The van der Waals surface area contributed by atoms with E-state index in [0.717, 1.165) is 16.9 Å². The fraction of sp³-hybridized carbons (Fsp3) is 0.0526. The fourth-order valence-corrected chi connectivity index (χ4v) is 2.28. The molecule has 0 fully saturated rings. The number of methoxy groups -OCH3 is 1. The molecule has 0 unspecified atom stereocenters. The quantitative estimate of drug-likeness (QED) is 0.330. The van der Waals surface area contributed by atoms with Crippen molar-refractivity contribution in [2.24, 2.45) is 21.2 Å². The topological polar surface area (TPSA) is 85.2 Å². The van der Waals surface area contributed by atoms with Gasteiger partial charge < -0.3 is 10.5 Å². The van der Waals surface area contributed by atoms with Gasteiger partial charge in [-0.2, -0.15) is 0 Å². The zero-order valence-corrected chi connectivity index (χ0v) is 13.7. The summed E-state index contributed by atoms with van der Waals surface area (Å²) in [5.74, 6) is 1.04. The van der Waals surface area contributed by atoms with Gasteiger partial charge in [-0.1, -0.05) is 36.4 Å². The van der Waals surface area contributed by atoms with Gasteiger partial charge in [0.15, 0.2) is 5.84 Å². The molecule has 3 rings (SSSR count). The van der Waals surface area contributed by atoms with E-state index in [0.29, 0.717) is 11.4 Å². The molecule has 25 heavy (non-hydrogen) atoms. The third-order valence-corrected chi connectivity index (χ3v) is 3.53. The first-order chi connectivity index (χ1) is 12.3. The van der Waals surface area contributed by atoms with Crippen LogP contribution in [0.4, 0.5) is 5.69 Å². The van der Waals surface area contributed by atoms with Crippen LogP contribution in [0.15, 0.2) is 88.4 Å². The molecule has 0 saturated carbocycles. The number of para-hydroxylation sites is 1. The van der Waals surface area contributed by atoms with E-state index in [1.165, 1.54) is 0 Å². The normalized spacial score (nSPS) is 11.6. The van der Waals surface area contributed by atoms with E-state index in [1.54, 1.807) is 19.4 Å². The van der Waals surface area contributed by atoms with Gasteiger partial charge in [0.1, 0.15) is 11.4 Å². The van der Waals surface area contributed by atoms with E-state index >= 15 is 0 Å². The number of nitrogens with zero attached hydrogens (tertiary/aromatic N) is 4. The lowest BCUT2D eigenvalue weighted by atomic mass is 10.0. The van der Waals surface area contributed by atoms with Gasteiger partial charge in [-0.05, 0) is 41.1 Å². The summed E-state index contributed by atoms with van der Waals surface area (Å²) >= 11 is 0. The number of hydrogen-bond acceptors (Lipinski definition) is 4. The minimum absolute atomic E-state index is 0.218. The second-order valence-electron chi connectivity index (χ2n) is 5.14. The summed E-state index contributed by atoms with van der Waals surface area (Å²) in [7, 11) is 1.66. The number of rotatable bonds is 5. The van der Waals surface area contributed by atoms with Gasteiger partial charge in [0, 0.05) is 11.8 Å². The number of benzene rings is 2. The second-order valence-corrected chi connectivity index (χ2v) is 5.14. The minimum Gasteiger partial charge on any atom is -0.496 e. The molecule has 0 saturated heterocycles. The predicted octanol–water partition coefficient (Wildman–Crippen LogP) is 4.16. The van der Waals surface area contributed by atoms with Crippen LogP contribution in [0.2, 0.25) is 0 Å². The molecule has 6 heteroatoms. The average Bonchev–Trinajstić information content (AvgIpc) is 2.69. The van der Waals surface area contributed by atoms with Crippen LogP contribution in [0.1, 0.15) is 5.69 Å². The van der Waals surface area contributed by atoms with Gasteiger partial charge in [-0.15, -0.1) is 10.2 Å². The summed E-state index contributed by atoms with van der Waals surface area (Å²) in [6, 6.07) is 20.9. The third-order valence-electron chi connectivity index (χ3n) is 3.53. The van der Waals surface area contributed by atoms with Gasteiger partial charge in [0.05, 0.1) is 12.8 Å². The van der Waals surface area contributed by atoms with Crippen molar-refractivity contribution in [3.63, 3.8) is 0 Å². The summed E-state index contributed by atoms with van der Waals surface area (Å²) in [6.07, 6.45) is 1.64. The molecular formula is C19H17N5O. The van der Waals surface area contributed by atoms with Crippen molar-refractivity contribution >= 4 is 11.5 Å². The highest BCUT2D eigenvalue weighted by atomic mass is 16.5. The van der Waals surface area contributed by atoms with Crippen molar-refractivity contribution in [1.82, 2.24) is 4.98 Å². The van der Waals surface area contributed by atoms with E-state index in [-0.39, 0.29) is 5.84 Å². The maximum absolute atomic E-state index is 5.81. The van der Waals surface area contributed by atoms with Crippen LogP contribution >= 0.6 is 0 Å². The first kappa shape index (κ1) is 16.3. The summed E-state index contributed by atoms with van der Waals surface area (Å²) in [5.41, 5.74) is 9.11. The molecule has 1 aromatic heterocycles. The molecule has 2 aromatic carbocycles. The van der Waals surface area contributed by atoms with Crippen LogP contribution in [0, 0.1) is 0 Å². The molecule has 6 nitrogen and oxygen atoms in total. The number of nitrogens with two attached hydrogens (primary N) is 1. The van der Waals surface area contributed by atoms with Gasteiger partial charge in [0.25, 0.3) is 0 Å². The molecule has 124 valence electrons. The van der Waals surface area contributed by atoms with Crippen LogP contribution in [-0.2, 0) is 0 Å². The molecular weight excluding hydrogens is 314 g/mol. The fourth-order valence-electron chi connectivity index (χ4n) is 2.28. The maximum Gasteiger partial charge on any atom is 0.173 e. The largest absolute Gasteiger partial charge is 0.496 e. The van der Waals surface area contributed by atoms with E-state index < -0.39 is 0 Å². The summed E-state index contributed by atoms with van der Waals surface area (Å²) in [4.78, 5) is 4.10. The minimum atomic E-state index is 0.218. The predicted molar refractivity (Wildman–Crippen MR) is 97.9 cm³/mol. The van der Waals surface area contributed by atoms with Crippen molar-refractivity contribution in [3.05, 3.63) is 78.6 Å². The van der Waals surface area contributed by atoms with Crippen LogP contribution in [0.5, 0.6) is 5.75 Å². The first-order valence-electron chi connectivity index (χ1n) is 7.67. The van der Waals surface area contributed by atoms with E-state index in [4.69, 9.17) is 10.5 Å². The van der Waals surface area contributed by atoms with Crippen molar-refractivity contribution in [3.8, 4) is 16.9 Å². The maximum atomic E-state index is 5.81. The van der Waals surface area contributed by atoms with Crippen LogP contribution < -0.4 is 10.5 Å². The first-order valence-corrected chi connectivity index (χ1v) is 7.67. The molecule has 0 aliphatic carbocycles. The Labute approximate surface area is 145 Å². The van der Waals surface area contributed by atoms with Gasteiger partial charge in [0.2, 0.25) is 0 Å². The molecule has 0 radical (unpaired) electrons. The molecule has 0 aliphatic rings. The standard InChI is InChI=1S/C19H17N5O/c1-25-18-8-3-2-6-16(18)14-9-11-15(12-10-14)22-24-23-19(20)17-7-4-5-13-21-17/h2-13H,1H3,(H2,20,22,23). The van der Waals surface area contributed by atoms with Crippen molar-refractivity contribution in [1.29, 1.82) is 0 Å². The van der Waals surface area contributed by atoms with Gasteiger partial charge in [-0.25, -0.2) is 0 Å². The van der Waals surface area contributed by atoms with Crippen LogP contribution in [0.3, 0.4) is 0 Å². The molecule has 0 atom stereocenters. The van der Waals surface area contributed by atoms with Crippen LogP contribution in [0.25, 0.3) is 11.1 Å². The highest BCUT2D eigenvalue weighted by Gasteiger charge is 2.04. The number of pyridine rings is 1. The number of hydrogen-bond donors (Lipinski definition) is 1. The molecule has 3 aromatic rings. The van der Waals surface area contributed by atoms with E-state index in [9.17, 15) is 0 Å². The molecule has 0 aliphatic heterocycles. The Morgan fingerprint density at radius 3 is 2.44 bits per heavy atom. The smallest absolute Gasteiger partial charge is 0.173 e. The Hall–Kier alpha value is -3.54. The van der Waals surface area contributed by atoms with Crippen molar-refractivity contribution < 1.29 is 4.74 Å². The monoisotopic (exact) mass is 331 g/mol. The Bertz CT molecular complexity index is 889. The Morgan fingerprint density at radius 2 is 1.72 bits per heavy atom. The van der Waals surface area contributed by atoms with Crippen molar-refractivity contribution in [2.75, 3.05) is 7.11 Å². The number of amidine groups is 1. The lowest BCUT2D eigenvalue weighted by Crippen LogP contribution is -2.13. The average molecular weight is 331 g/mol. The highest BCUT2D eigenvalue weighted by Crippen LogP contribution is 2.30. The highest BCUT2D eigenvalue weighted by molar-refractivity contribution is 5.95. The molecule has 0 spiro atoms. The summed E-state index contributed by atoms with van der Waals surface area (Å²) in [5, 5.41) is 11.7. The van der Waals surface area contributed by atoms with Gasteiger partial charge in [-0.3, -0.25) is 4.98 Å². The number of ether oxygens (including phenoxy) is 1. The lowest BCUT2D eigenvalue weighted by Gasteiger charge is -2.08. The Morgan fingerprint density at radius 1 is 0.960 bits per heavy atom. The van der Waals surface area contributed by atoms with Gasteiger partial charge >= 0.3 is 0 Å². The molecule has 2 N–H and O–H groups in total. The van der Waals surface area contributed by atoms with Crippen molar-refractivity contribution in [2.45, 2.75) is 0 Å². The molecule has 0 amide bonds. The Balaban J connectivity index is 1.75. The molecule has 1 heterocycles. The molecule has 0 bridgehead atoms. The zero-order chi connectivity index (χ0) is 17.5. The lowest BCUT2D eigenvalue weighted by molar-refractivity contribution is 0.416. The van der Waals surface area contributed by atoms with E-state index in [2.05, 4.69) is 20.4 Å². The SMILES string of the molecule is COc1ccccc1-c1ccc(N=N/N=C(\N)c2ccccn2)cc1. The summed E-state index contributed by atoms with van der Waals surface area (Å²) < 4.78 is 5.38.